The molecule has 1 aromatic carbocycles. The van der Waals surface area contributed by atoms with Gasteiger partial charge in [-0.05, 0) is 24.6 Å². The van der Waals surface area contributed by atoms with Crippen LogP contribution in [0.2, 0.25) is 12.1 Å². The number of hydrogen-bond donors (Lipinski definition) is 1. The van der Waals surface area contributed by atoms with Crippen LogP contribution in [0.25, 0.3) is 22.0 Å². The smallest absolute Gasteiger partial charge is 0.245 e. The Labute approximate surface area is 265 Å². The lowest BCUT2D eigenvalue weighted by Gasteiger charge is -2.25. The first-order valence-corrected chi connectivity index (χ1v) is 15.9. The molecule has 1 unspecified atom stereocenters. The number of nitrogens with zero attached hydrogens (tertiary/aromatic N) is 5. The van der Waals surface area contributed by atoms with Gasteiger partial charge in [0.05, 0.1) is 57.4 Å². The molecule has 9 nitrogen and oxygen atoms in total. The molecule has 44 heavy (non-hydrogen) atoms. The van der Waals surface area contributed by atoms with Crippen molar-refractivity contribution in [2.24, 2.45) is 0 Å². The first kappa shape index (κ1) is 32.4. The molecule has 216 valence electrons. The molecule has 3 aromatic rings. The summed E-state index contributed by atoms with van der Waals surface area (Å²) >= 11 is 0. The number of ketones is 1. The molecule has 2 aromatic heterocycles. The number of carbonyl (C=O) groups is 3. The van der Waals surface area contributed by atoms with Crippen molar-refractivity contribution < 1.29 is 18.8 Å². The number of halogens is 1. The van der Waals surface area contributed by atoms with E-state index in [1.165, 1.54) is 16.5 Å². The van der Waals surface area contributed by atoms with E-state index in [0.29, 0.717) is 61.2 Å². The third kappa shape index (κ3) is 6.79. The van der Waals surface area contributed by atoms with Crippen molar-refractivity contribution in [1.82, 2.24) is 30.0 Å². The molecule has 0 radical (unpaired) electrons. The lowest BCUT2D eigenvalue weighted by Crippen LogP contribution is -2.63. The maximum Gasteiger partial charge on any atom is 0.245 e. The predicted octanol–water partition coefficient (Wildman–Crippen LogP) is -4.12. The zero-order valence-electron chi connectivity index (χ0n) is 26.9. The molecule has 2 saturated heterocycles. The van der Waals surface area contributed by atoms with E-state index in [2.05, 4.69) is 59.1 Å². The summed E-state index contributed by atoms with van der Waals surface area (Å²) in [4.78, 5) is 49.2. The van der Waals surface area contributed by atoms with E-state index >= 15 is 0 Å². The third-order valence-corrected chi connectivity index (χ3v) is 9.79. The molecule has 2 amide bonds. The predicted molar refractivity (Wildman–Crippen MR) is 194 cm³/mol. The van der Waals surface area contributed by atoms with Gasteiger partial charge >= 0.3 is 0 Å². The molecule has 0 bridgehead atoms. The molecule has 2 aliphatic rings. The summed E-state index contributed by atoms with van der Waals surface area (Å²) in [7, 11) is 11.4. The Morgan fingerprint density at radius 1 is 1.09 bits per heavy atom. The minimum Gasteiger partial charge on any atom is -0.355 e. The minimum atomic E-state index is -1.28. The molecule has 20 heteroatoms. The number of amides is 2. The zero-order chi connectivity index (χ0) is 31.9. The fraction of sp³-hybridized carbons (Fsp3) is 0.417. The second-order valence-corrected chi connectivity index (χ2v) is 13.5. The van der Waals surface area contributed by atoms with Crippen LogP contribution in [0, 0.1) is 6.92 Å². The van der Waals surface area contributed by atoms with Crippen molar-refractivity contribution in [1.29, 1.82) is 0 Å². The van der Waals surface area contributed by atoms with Crippen LogP contribution in [-0.2, 0) is 16.1 Å². The van der Waals surface area contributed by atoms with E-state index < -0.39 is 18.1 Å². The van der Waals surface area contributed by atoms with Crippen LogP contribution in [-0.4, -0.2) is 138 Å². The highest BCUT2D eigenvalue weighted by Gasteiger charge is 2.50. The van der Waals surface area contributed by atoms with Crippen molar-refractivity contribution >= 4 is 99.3 Å². The van der Waals surface area contributed by atoms with Crippen LogP contribution in [0.15, 0.2) is 30.6 Å². The van der Waals surface area contributed by atoms with Crippen molar-refractivity contribution in [2.45, 2.75) is 51.2 Å². The van der Waals surface area contributed by atoms with Gasteiger partial charge in [0, 0.05) is 68.8 Å². The number of aryl methyl sites for hydroxylation is 1. The molecule has 4 heterocycles. The zero-order valence-corrected chi connectivity index (χ0v) is 26.9. The maximum absolute atomic E-state index is 14.7. The van der Waals surface area contributed by atoms with Gasteiger partial charge in [-0.3, -0.25) is 19.1 Å². The number of hydrogen-bond acceptors (Lipinski definition) is 6. The van der Waals surface area contributed by atoms with E-state index in [9.17, 15) is 18.8 Å². The average molecular weight is 583 g/mol. The number of aromatic nitrogens is 4. The Hall–Kier alpha value is -3.04. The Bertz CT molecular complexity index is 1560. The van der Waals surface area contributed by atoms with Crippen molar-refractivity contribution in [3.63, 3.8) is 0 Å². The monoisotopic (exact) mass is 584 g/mol. The molecule has 2 fully saturated rings. The number of nitrogens with one attached hydrogen (secondary N) is 1. The number of fused-ring (bicyclic) bond motifs is 1. The van der Waals surface area contributed by atoms with Gasteiger partial charge in [-0.1, -0.05) is 18.2 Å². The highest BCUT2D eigenvalue weighted by atomic mass is 19.1. The van der Waals surface area contributed by atoms with E-state index in [0.717, 1.165) is 17.4 Å². The van der Waals surface area contributed by atoms with Crippen LogP contribution in [0.5, 0.6) is 0 Å². The number of alkyl halides is 1. The van der Waals surface area contributed by atoms with Gasteiger partial charge in [-0.25, -0.2) is 14.4 Å². The van der Waals surface area contributed by atoms with Crippen molar-refractivity contribution in [3.05, 3.63) is 42.1 Å². The van der Waals surface area contributed by atoms with Crippen LogP contribution in [0.3, 0.4) is 0 Å². The summed E-state index contributed by atoms with van der Waals surface area (Å²) in [6.07, 6.45) is 5.59. The number of likely N-dealkylation sites (tertiary alicyclic amines) is 1. The fourth-order valence-electron chi connectivity index (χ4n) is 7.07. The number of carbonyl (C=O) groups excluding carboxylic acids is 3. The first-order valence-electron chi connectivity index (χ1n) is 15.9. The van der Waals surface area contributed by atoms with E-state index in [1.54, 1.807) is 25.4 Å². The maximum atomic E-state index is 14.7. The second-order valence-electron chi connectivity index (χ2n) is 13.5. The van der Waals surface area contributed by atoms with Gasteiger partial charge in [0.1, 0.15) is 30.3 Å². The van der Waals surface area contributed by atoms with Gasteiger partial charge < -0.3 is 10.2 Å². The van der Waals surface area contributed by atoms with Gasteiger partial charge in [0.15, 0.2) is 5.78 Å². The quantitative estimate of drug-likeness (QED) is 0.182. The molecule has 0 saturated carbocycles. The topological polar surface area (TPSA) is 110 Å². The van der Waals surface area contributed by atoms with Crippen LogP contribution < -0.4 is 5.32 Å². The van der Waals surface area contributed by atoms with Gasteiger partial charge in [0.2, 0.25) is 11.8 Å². The highest BCUT2D eigenvalue weighted by molar-refractivity contribution is 8.01. The molecule has 2 aliphatic heterocycles. The minimum absolute atomic E-state index is 0.0226. The molecular weight excluding hydrogens is 547 g/mol. The Balaban J connectivity index is 1.28. The summed E-state index contributed by atoms with van der Waals surface area (Å²) in [6, 6.07) is 4.64. The SMILES string of the molecule is BB(B)B(B)B(B(B)B)B1CC1CNC(=O)[C@@H]1C[C@@H](F)CN1C(=O)Cn1nc(C(C)=O)c2cc(-c3cnc(C)nc3)ccc21. The second kappa shape index (κ2) is 13.1. The molecule has 3 atom stereocenters. The molecular formula is C24H35B10FN6O3. The standard InChI is InChI=1S/C24H35B10FN6O3/c1-13(42)23-19-5-15(16-8-36-14(2)37-9-16)3-4-20(19)41(39-23)12-22(43)40-11-18(35)6-21(40)24(44)38-10-17-7-30(17)34(32(27)28)33(29)31(25)26/h3-5,8-9,17-18,21H,6-7,10-12,25-29H2,1-2H3,(H,38,44)/t17?,18-,21+/m1/s1. The first-order chi connectivity index (χ1) is 20.8. The highest BCUT2D eigenvalue weighted by Crippen LogP contribution is 2.39. The summed E-state index contributed by atoms with van der Waals surface area (Å²) < 4.78 is 16.1. The molecule has 0 aliphatic carbocycles. The van der Waals surface area contributed by atoms with Crippen LogP contribution >= 0.6 is 0 Å². The van der Waals surface area contributed by atoms with Crippen molar-refractivity contribution in [3.8, 4) is 11.1 Å². The average Bonchev–Trinajstić information content (AvgIpc) is 3.46. The van der Waals surface area contributed by atoms with Gasteiger partial charge in [-0.2, -0.15) is 5.10 Å². The Morgan fingerprint density at radius 2 is 1.80 bits per heavy atom. The lowest BCUT2D eigenvalue weighted by atomic mass is 8.57. The van der Waals surface area contributed by atoms with E-state index in [1.807, 2.05) is 12.1 Å². The van der Waals surface area contributed by atoms with Crippen LogP contribution in [0.1, 0.15) is 29.7 Å². The Kier molecular flexibility index (Phi) is 9.66. The van der Waals surface area contributed by atoms with Gasteiger partial charge in [-0.15, -0.1) is 0 Å². The van der Waals surface area contributed by atoms with Crippen molar-refractivity contribution in [2.75, 3.05) is 13.1 Å². The summed E-state index contributed by atoms with van der Waals surface area (Å²) in [5, 5.41) is 8.11. The normalized spacial score (nSPS) is 19.1. The number of benzene rings is 1. The van der Waals surface area contributed by atoms with E-state index in [4.69, 9.17) is 0 Å². The summed E-state index contributed by atoms with van der Waals surface area (Å²) in [6.45, 7) is 4.02. The summed E-state index contributed by atoms with van der Waals surface area (Å²) in [5.74, 6) is 0.123. The van der Waals surface area contributed by atoms with E-state index in [-0.39, 0.29) is 36.9 Å². The molecule has 0 spiro atoms. The molecule has 5 rings (SSSR count). The Morgan fingerprint density at radius 3 is 2.43 bits per heavy atom. The fourth-order valence-corrected chi connectivity index (χ4v) is 7.07. The molecule has 1 N–H and O–H groups in total. The number of rotatable bonds is 11. The lowest BCUT2D eigenvalue weighted by molar-refractivity contribution is -0.139. The summed E-state index contributed by atoms with van der Waals surface area (Å²) in [5.41, 5.74) is 2.46. The largest absolute Gasteiger partial charge is 0.355 e. The van der Waals surface area contributed by atoms with Crippen LogP contribution in [0.4, 0.5) is 4.39 Å². The number of Topliss-reactive ketones (excluding diaryl/α,β-unsaturated/α-hetero) is 1. The van der Waals surface area contributed by atoms with Gasteiger partial charge in [0.25, 0.3) is 0 Å². The third-order valence-electron chi connectivity index (χ3n) is 9.79.